The molecule has 6 heteroatoms. The van der Waals surface area contributed by atoms with Gasteiger partial charge in [0.05, 0.1) is 6.54 Å². The van der Waals surface area contributed by atoms with Gasteiger partial charge in [-0.2, -0.15) is 0 Å². The van der Waals surface area contributed by atoms with Gasteiger partial charge in [-0.1, -0.05) is 23.7 Å². The lowest BCUT2D eigenvalue weighted by Gasteiger charge is -2.29. The second-order valence-electron chi connectivity index (χ2n) is 4.93. The molecule has 1 saturated heterocycles. The first-order chi connectivity index (χ1) is 9.15. The number of nitrogens with zero attached hydrogens (tertiary/aromatic N) is 2. The molecule has 1 fully saturated rings. The zero-order valence-corrected chi connectivity index (χ0v) is 13.2. The van der Waals surface area contributed by atoms with Crippen molar-refractivity contribution in [2.75, 3.05) is 39.8 Å². The first kappa shape index (κ1) is 17.2. The van der Waals surface area contributed by atoms with Crippen LogP contribution in [0.25, 0.3) is 0 Å². The molecule has 0 unspecified atom stereocenters. The highest BCUT2D eigenvalue weighted by Gasteiger charge is 2.17. The fourth-order valence-electron chi connectivity index (χ4n) is 2.25. The summed E-state index contributed by atoms with van der Waals surface area (Å²) in [5, 5.41) is 3.98. The van der Waals surface area contributed by atoms with Crippen LogP contribution in [0.15, 0.2) is 24.3 Å². The molecular formula is C14H21Cl2N3O. The maximum absolute atomic E-state index is 12.1. The van der Waals surface area contributed by atoms with Gasteiger partial charge in [-0.15, -0.1) is 12.4 Å². The molecule has 1 aliphatic rings. The molecule has 1 amide bonds. The fraction of sp³-hybridized carbons (Fsp3) is 0.500. The van der Waals surface area contributed by atoms with Crippen molar-refractivity contribution in [1.29, 1.82) is 0 Å². The summed E-state index contributed by atoms with van der Waals surface area (Å²) in [4.78, 5) is 16.0. The van der Waals surface area contributed by atoms with E-state index in [4.69, 9.17) is 11.6 Å². The van der Waals surface area contributed by atoms with Gasteiger partial charge in [0.1, 0.15) is 0 Å². The zero-order chi connectivity index (χ0) is 13.7. The van der Waals surface area contributed by atoms with Gasteiger partial charge in [0.15, 0.2) is 0 Å². The van der Waals surface area contributed by atoms with Gasteiger partial charge < -0.3 is 10.2 Å². The molecule has 4 nitrogen and oxygen atoms in total. The molecular weight excluding hydrogens is 297 g/mol. The van der Waals surface area contributed by atoms with Crippen LogP contribution in [0.2, 0.25) is 5.02 Å². The van der Waals surface area contributed by atoms with Crippen LogP contribution in [0.3, 0.4) is 0 Å². The molecule has 2 rings (SSSR count). The Morgan fingerprint density at radius 1 is 1.40 bits per heavy atom. The average Bonchev–Trinajstić information content (AvgIpc) is 2.39. The molecule has 0 saturated carbocycles. The van der Waals surface area contributed by atoms with E-state index in [0.29, 0.717) is 6.54 Å². The standard InChI is InChI=1S/C14H20ClN3O.ClH/c1-17(10-12-3-2-4-13(15)9-12)11-14(19)18-7-5-16-6-8-18;/h2-4,9,16H,5-8,10-11H2,1H3;1H. The van der Waals surface area contributed by atoms with Crippen LogP contribution < -0.4 is 5.32 Å². The highest BCUT2D eigenvalue weighted by Crippen LogP contribution is 2.12. The van der Waals surface area contributed by atoms with Gasteiger partial charge in [-0.05, 0) is 24.7 Å². The summed E-state index contributed by atoms with van der Waals surface area (Å²) in [6.07, 6.45) is 0. The molecule has 0 aromatic heterocycles. The minimum atomic E-state index is 0. The summed E-state index contributed by atoms with van der Waals surface area (Å²) >= 11 is 5.96. The molecule has 0 atom stereocenters. The number of hydrogen-bond donors (Lipinski definition) is 1. The van der Waals surface area contributed by atoms with Crippen LogP contribution in [0.4, 0.5) is 0 Å². The Labute approximate surface area is 131 Å². The number of halogens is 2. The molecule has 1 aliphatic heterocycles. The highest BCUT2D eigenvalue weighted by atomic mass is 35.5. The SMILES string of the molecule is CN(CC(=O)N1CCNCC1)Cc1cccc(Cl)c1.Cl. The molecule has 0 bridgehead atoms. The van der Waals surface area contributed by atoms with E-state index in [9.17, 15) is 4.79 Å². The van der Waals surface area contributed by atoms with Crippen molar-refractivity contribution in [3.05, 3.63) is 34.9 Å². The Hall–Kier alpha value is -0.810. The van der Waals surface area contributed by atoms with Crippen molar-refractivity contribution >= 4 is 29.9 Å². The third kappa shape index (κ3) is 5.29. The summed E-state index contributed by atoms with van der Waals surface area (Å²) in [6.45, 7) is 4.59. The van der Waals surface area contributed by atoms with Gasteiger partial charge in [-0.25, -0.2) is 0 Å². The highest BCUT2D eigenvalue weighted by molar-refractivity contribution is 6.30. The van der Waals surface area contributed by atoms with Crippen molar-refractivity contribution in [3.8, 4) is 0 Å². The molecule has 1 aromatic carbocycles. The number of likely N-dealkylation sites (N-methyl/N-ethyl adjacent to an activating group) is 1. The van der Waals surface area contributed by atoms with E-state index in [1.807, 2.05) is 41.1 Å². The van der Waals surface area contributed by atoms with E-state index in [-0.39, 0.29) is 18.3 Å². The van der Waals surface area contributed by atoms with Crippen LogP contribution in [0, 0.1) is 0 Å². The van der Waals surface area contributed by atoms with E-state index < -0.39 is 0 Å². The summed E-state index contributed by atoms with van der Waals surface area (Å²) in [5.41, 5.74) is 1.13. The van der Waals surface area contributed by atoms with Crippen LogP contribution in [-0.2, 0) is 11.3 Å². The largest absolute Gasteiger partial charge is 0.339 e. The molecule has 1 aromatic rings. The minimum Gasteiger partial charge on any atom is -0.339 e. The number of piperazine rings is 1. The number of hydrogen-bond acceptors (Lipinski definition) is 3. The normalized spacial score (nSPS) is 15.1. The zero-order valence-electron chi connectivity index (χ0n) is 11.6. The molecule has 0 radical (unpaired) electrons. The van der Waals surface area contributed by atoms with Crippen molar-refractivity contribution in [3.63, 3.8) is 0 Å². The van der Waals surface area contributed by atoms with Gasteiger partial charge in [0.2, 0.25) is 5.91 Å². The van der Waals surface area contributed by atoms with E-state index >= 15 is 0 Å². The van der Waals surface area contributed by atoms with Gasteiger partial charge in [0, 0.05) is 37.7 Å². The summed E-state index contributed by atoms with van der Waals surface area (Å²) in [7, 11) is 1.96. The number of benzene rings is 1. The average molecular weight is 318 g/mol. The Bertz CT molecular complexity index is 436. The lowest BCUT2D eigenvalue weighted by atomic mass is 10.2. The molecule has 1 heterocycles. The smallest absolute Gasteiger partial charge is 0.236 e. The van der Waals surface area contributed by atoms with E-state index in [0.717, 1.165) is 43.3 Å². The van der Waals surface area contributed by atoms with Crippen LogP contribution in [0.5, 0.6) is 0 Å². The van der Waals surface area contributed by atoms with E-state index in [1.54, 1.807) is 0 Å². The first-order valence-electron chi connectivity index (χ1n) is 6.56. The van der Waals surface area contributed by atoms with Gasteiger partial charge in [0.25, 0.3) is 0 Å². The second-order valence-corrected chi connectivity index (χ2v) is 5.37. The third-order valence-electron chi connectivity index (χ3n) is 3.22. The maximum Gasteiger partial charge on any atom is 0.236 e. The molecule has 20 heavy (non-hydrogen) atoms. The quantitative estimate of drug-likeness (QED) is 0.916. The van der Waals surface area contributed by atoms with Crippen LogP contribution >= 0.6 is 24.0 Å². The number of rotatable bonds is 4. The summed E-state index contributed by atoms with van der Waals surface area (Å²) in [6, 6.07) is 7.76. The molecule has 0 aliphatic carbocycles. The van der Waals surface area contributed by atoms with Crippen LogP contribution in [-0.4, -0.2) is 55.5 Å². The Morgan fingerprint density at radius 3 is 2.75 bits per heavy atom. The van der Waals surface area contributed by atoms with Gasteiger partial charge >= 0.3 is 0 Å². The van der Waals surface area contributed by atoms with Crippen molar-refractivity contribution < 1.29 is 4.79 Å². The molecule has 1 N–H and O–H groups in total. The van der Waals surface area contributed by atoms with Crippen molar-refractivity contribution in [2.24, 2.45) is 0 Å². The second kappa shape index (κ2) is 8.47. The lowest BCUT2D eigenvalue weighted by molar-refractivity contribution is -0.132. The number of carbonyl (C=O) groups is 1. The Morgan fingerprint density at radius 2 is 2.10 bits per heavy atom. The van der Waals surface area contributed by atoms with Crippen LogP contribution in [0.1, 0.15) is 5.56 Å². The topological polar surface area (TPSA) is 35.6 Å². The monoisotopic (exact) mass is 317 g/mol. The van der Waals surface area contributed by atoms with Crippen molar-refractivity contribution in [2.45, 2.75) is 6.54 Å². The predicted molar refractivity (Wildman–Crippen MR) is 84.5 cm³/mol. The minimum absolute atomic E-state index is 0. The van der Waals surface area contributed by atoms with E-state index in [1.165, 1.54) is 0 Å². The summed E-state index contributed by atoms with van der Waals surface area (Å²) < 4.78 is 0. The molecule has 0 spiro atoms. The number of carbonyl (C=O) groups excluding carboxylic acids is 1. The Balaban J connectivity index is 0.00000200. The lowest BCUT2D eigenvalue weighted by Crippen LogP contribution is -2.49. The fourth-order valence-corrected chi connectivity index (χ4v) is 2.46. The number of nitrogens with one attached hydrogen (secondary N) is 1. The first-order valence-corrected chi connectivity index (χ1v) is 6.94. The van der Waals surface area contributed by atoms with E-state index in [2.05, 4.69) is 5.32 Å². The Kier molecular flexibility index (Phi) is 7.30. The van der Waals surface area contributed by atoms with Gasteiger partial charge in [-0.3, -0.25) is 9.69 Å². The summed E-state index contributed by atoms with van der Waals surface area (Å²) in [5.74, 6) is 0.200. The molecule has 112 valence electrons. The third-order valence-corrected chi connectivity index (χ3v) is 3.45. The predicted octanol–water partition coefficient (Wildman–Crippen LogP) is 1.63. The maximum atomic E-state index is 12.1. The number of amides is 1. The van der Waals surface area contributed by atoms with Crippen molar-refractivity contribution in [1.82, 2.24) is 15.1 Å².